The van der Waals surface area contributed by atoms with Gasteiger partial charge >= 0.3 is 5.97 Å². The van der Waals surface area contributed by atoms with E-state index in [4.69, 9.17) is 5.11 Å². The Bertz CT molecular complexity index is 520. The van der Waals surface area contributed by atoms with Crippen LogP contribution in [0.15, 0.2) is 0 Å². The Labute approximate surface area is 117 Å². The minimum absolute atomic E-state index is 0.0315. The second-order valence-corrected chi connectivity index (χ2v) is 5.66. The maximum atomic E-state index is 12.1. The van der Waals surface area contributed by atoms with Crippen molar-refractivity contribution < 1.29 is 14.7 Å². The summed E-state index contributed by atoms with van der Waals surface area (Å²) in [7, 11) is 0. The molecule has 2 rings (SSSR count). The summed E-state index contributed by atoms with van der Waals surface area (Å²) in [5.41, 5.74) is 0.542. The van der Waals surface area contributed by atoms with Crippen molar-refractivity contribution in [2.24, 2.45) is 5.92 Å². The number of hydrogen-bond donors (Lipinski definition) is 2. The Morgan fingerprint density at radius 2 is 2.05 bits per heavy atom. The highest BCUT2D eigenvalue weighted by Gasteiger charge is 2.36. The van der Waals surface area contributed by atoms with E-state index in [2.05, 4.69) is 15.6 Å². The van der Waals surface area contributed by atoms with Gasteiger partial charge in [-0.1, -0.05) is 19.1 Å². The second kappa shape index (κ2) is 5.60. The second-order valence-electron chi connectivity index (χ2n) is 5.66. The number of carboxylic acids is 1. The first kappa shape index (κ1) is 14.5. The Hall–Kier alpha value is -1.92. The summed E-state index contributed by atoms with van der Waals surface area (Å²) in [6, 6.07) is -0.551. The number of carbonyl (C=O) groups excluding carboxylic acids is 1. The number of amides is 1. The van der Waals surface area contributed by atoms with E-state index < -0.39 is 12.0 Å². The third kappa shape index (κ3) is 2.97. The Kier molecular flexibility index (Phi) is 4.06. The smallest absolute Gasteiger partial charge is 0.358 e. The van der Waals surface area contributed by atoms with Gasteiger partial charge in [0.25, 0.3) is 0 Å². The van der Waals surface area contributed by atoms with Crippen molar-refractivity contribution in [3.63, 3.8) is 0 Å². The number of aromatic nitrogens is 3. The largest absolute Gasteiger partial charge is 0.476 e. The van der Waals surface area contributed by atoms with Gasteiger partial charge in [0, 0.05) is 12.5 Å². The zero-order valence-corrected chi connectivity index (χ0v) is 12.0. The monoisotopic (exact) mass is 280 g/mol. The molecule has 0 aromatic carbocycles. The van der Waals surface area contributed by atoms with Crippen LogP contribution in [0.1, 0.15) is 61.8 Å². The number of nitrogens with zero attached hydrogens (tertiary/aromatic N) is 3. The zero-order valence-electron chi connectivity index (χ0n) is 12.0. The van der Waals surface area contributed by atoms with E-state index in [1.807, 2.05) is 13.8 Å². The first-order chi connectivity index (χ1) is 9.41. The van der Waals surface area contributed by atoms with Crippen molar-refractivity contribution in [2.75, 3.05) is 6.54 Å². The van der Waals surface area contributed by atoms with E-state index in [9.17, 15) is 9.59 Å². The Morgan fingerprint density at radius 1 is 1.40 bits per heavy atom. The quantitative estimate of drug-likeness (QED) is 0.815. The summed E-state index contributed by atoms with van der Waals surface area (Å²) in [4.78, 5) is 23.2. The van der Waals surface area contributed by atoms with Crippen LogP contribution in [0.2, 0.25) is 0 Å². The maximum absolute atomic E-state index is 12.1. The minimum Gasteiger partial charge on any atom is -0.476 e. The molecule has 7 nitrogen and oxygen atoms in total. The summed E-state index contributed by atoms with van der Waals surface area (Å²) in [6.07, 6.45) is 1.85. The van der Waals surface area contributed by atoms with Gasteiger partial charge in [0.2, 0.25) is 5.91 Å². The fraction of sp³-hybridized carbons (Fsp3) is 0.692. The molecule has 1 amide bonds. The van der Waals surface area contributed by atoms with Gasteiger partial charge in [-0.25, -0.2) is 9.48 Å². The van der Waals surface area contributed by atoms with Gasteiger partial charge in [-0.2, -0.15) is 0 Å². The minimum atomic E-state index is -1.09. The van der Waals surface area contributed by atoms with Crippen molar-refractivity contribution in [2.45, 2.75) is 45.6 Å². The molecule has 1 saturated carbocycles. The molecule has 7 heteroatoms. The average Bonchev–Trinajstić information content (AvgIpc) is 3.13. The highest BCUT2D eigenvalue weighted by Crippen LogP contribution is 2.41. The van der Waals surface area contributed by atoms with Crippen molar-refractivity contribution in [1.82, 2.24) is 20.3 Å². The van der Waals surface area contributed by atoms with E-state index in [1.165, 1.54) is 4.68 Å². The predicted molar refractivity (Wildman–Crippen MR) is 71.5 cm³/mol. The molecule has 110 valence electrons. The molecule has 1 aliphatic carbocycles. The van der Waals surface area contributed by atoms with Crippen molar-refractivity contribution >= 4 is 11.9 Å². The summed E-state index contributed by atoms with van der Waals surface area (Å²) in [6.45, 7) is 6.32. The molecule has 1 unspecified atom stereocenters. The first-order valence-corrected chi connectivity index (χ1v) is 6.87. The van der Waals surface area contributed by atoms with E-state index in [-0.39, 0.29) is 17.5 Å². The fourth-order valence-corrected chi connectivity index (χ4v) is 2.04. The first-order valence-electron chi connectivity index (χ1n) is 6.87. The lowest BCUT2D eigenvalue weighted by Gasteiger charge is -2.15. The Morgan fingerprint density at radius 3 is 2.55 bits per heavy atom. The van der Waals surface area contributed by atoms with E-state index in [1.54, 1.807) is 6.92 Å². The lowest BCUT2D eigenvalue weighted by molar-refractivity contribution is -0.124. The third-order valence-electron chi connectivity index (χ3n) is 3.33. The molecule has 0 bridgehead atoms. The number of aromatic carboxylic acids is 1. The van der Waals surface area contributed by atoms with Crippen LogP contribution in [0, 0.1) is 5.92 Å². The normalized spacial score (nSPS) is 16.2. The molecule has 2 N–H and O–H groups in total. The lowest BCUT2D eigenvalue weighted by atomic mass is 10.2. The van der Waals surface area contributed by atoms with Crippen LogP contribution in [0.3, 0.4) is 0 Å². The molecule has 1 fully saturated rings. The molecule has 1 atom stereocenters. The van der Waals surface area contributed by atoms with Gasteiger partial charge in [-0.3, -0.25) is 4.79 Å². The highest BCUT2D eigenvalue weighted by molar-refractivity contribution is 5.87. The number of nitrogens with one attached hydrogen (secondary N) is 1. The lowest BCUT2D eigenvalue weighted by Crippen LogP contribution is -2.34. The van der Waals surface area contributed by atoms with Gasteiger partial charge in [-0.05, 0) is 25.7 Å². The molecule has 20 heavy (non-hydrogen) atoms. The SMILES string of the molecule is CC(C)CNC(=O)C(C)n1nnc(C(=O)O)c1C1CC1. The third-order valence-corrected chi connectivity index (χ3v) is 3.33. The number of rotatable bonds is 6. The van der Waals surface area contributed by atoms with Gasteiger partial charge in [0.05, 0.1) is 5.69 Å². The van der Waals surface area contributed by atoms with E-state index >= 15 is 0 Å². The molecule has 0 radical (unpaired) electrons. The number of hydrogen-bond acceptors (Lipinski definition) is 4. The standard InChI is InChI=1S/C13H20N4O3/c1-7(2)6-14-12(18)8(3)17-11(9-4-5-9)10(13(19)20)15-16-17/h7-9H,4-6H2,1-3H3,(H,14,18)(H,19,20). The average molecular weight is 280 g/mol. The van der Waals surface area contributed by atoms with Crippen LogP contribution in [0.5, 0.6) is 0 Å². The number of carbonyl (C=O) groups is 2. The summed E-state index contributed by atoms with van der Waals surface area (Å²) >= 11 is 0. The molecule has 0 spiro atoms. The van der Waals surface area contributed by atoms with Crippen LogP contribution in [0.25, 0.3) is 0 Å². The summed E-state index contributed by atoms with van der Waals surface area (Å²) in [5, 5.41) is 19.5. The molecule has 0 aliphatic heterocycles. The topological polar surface area (TPSA) is 97.1 Å². The molecule has 1 heterocycles. The maximum Gasteiger partial charge on any atom is 0.358 e. The van der Waals surface area contributed by atoms with Gasteiger partial charge in [0.15, 0.2) is 5.69 Å². The molecular weight excluding hydrogens is 260 g/mol. The molecule has 1 aromatic heterocycles. The van der Waals surface area contributed by atoms with Gasteiger partial charge < -0.3 is 10.4 Å². The molecular formula is C13H20N4O3. The highest BCUT2D eigenvalue weighted by atomic mass is 16.4. The van der Waals surface area contributed by atoms with Gasteiger partial charge in [0.1, 0.15) is 6.04 Å². The van der Waals surface area contributed by atoms with Crippen LogP contribution >= 0.6 is 0 Å². The Balaban J connectivity index is 2.19. The predicted octanol–water partition coefficient (Wildman–Crippen LogP) is 1.19. The number of carboxylic acid groups (broad SMARTS) is 1. The summed E-state index contributed by atoms with van der Waals surface area (Å²) in [5.74, 6) is -0.730. The molecule has 1 aromatic rings. The van der Waals surface area contributed by atoms with Crippen molar-refractivity contribution in [3.05, 3.63) is 11.4 Å². The van der Waals surface area contributed by atoms with Crippen LogP contribution in [0.4, 0.5) is 0 Å². The van der Waals surface area contributed by atoms with Crippen molar-refractivity contribution in [1.29, 1.82) is 0 Å². The fourth-order valence-electron chi connectivity index (χ4n) is 2.04. The van der Waals surface area contributed by atoms with Crippen LogP contribution in [-0.4, -0.2) is 38.5 Å². The van der Waals surface area contributed by atoms with E-state index in [0.717, 1.165) is 12.8 Å². The van der Waals surface area contributed by atoms with Gasteiger partial charge in [-0.15, -0.1) is 5.10 Å². The van der Waals surface area contributed by atoms with Crippen LogP contribution < -0.4 is 5.32 Å². The molecule has 1 aliphatic rings. The van der Waals surface area contributed by atoms with Crippen molar-refractivity contribution in [3.8, 4) is 0 Å². The van der Waals surface area contributed by atoms with Crippen LogP contribution in [-0.2, 0) is 4.79 Å². The van der Waals surface area contributed by atoms with E-state index in [0.29, 0.717) is 18.2 Å². The molecule has 0 saturated heterocycles. The summed E-state index contributed by atoms with van der Waals surface area (Å²) < 4.78 is 1.46. The zero-order chi connectivity index (χ0) is 14.9.